The largest absolute Gasteiger partial charge is 0.204 e. The van der Waals surface area contributed by atoms with Gasteiger partial charge in [0.25, 0.3) is 0 Å². The first-order chi connectivity index (χ1) is 9.64. The van der Waals surface area contributed by atoms with Crippen LogP contribution in [0.25, 0.3) is 0 Å². The van der Waals surface area contributed by atoms with E-state index >= 15 is 0 Å². The van der Waals surface area contributed by atoms with Crippen LogP contribution in [0.1, 0.15) is 25.0 Å². The average molecular weight is 304 g/mol. The van der Waals surface area contributed by atoms with Gasteiger partial charge in [-0.3, -0.25) is 0 Å². The van der Waals surface area contributed by atoms with Crippen molar-refractivity contribution in [1.82, 2.24) is 0 Å². The summed E-state index contributed by atoms with van der Waals surface area (Å²) >= 11 is 0. The molecule has 0 saturated carbocycles. The highest BCUT2D eigenvalue weighted by molar-refractivity contribution is 5.39. The van der Waals surface area contributed by atoms with Gasteiger partial charge in [0.15, 0.2) is 34.9 Å². The molecule has 0 saturated heterocycles. The molecule has 0 unspecified atom stereocenters. The smallest absolute Gasteiger partial charge is 0.194 e. The fourth-order valence-electron chi connectivity index (χ4n) is 2.00. The molecule has 2 aromatic carbocycles. The minimum atomic E-state index is -1.63. The van der Waals surface area contributed by atoms with Crippen LogP contribution in [0.15, 0.2) is 24.3 Å². The van der Waals surface area contributed by atoms with Crippen molar-refractivity contribution in [3.8, 4) is 0 Å². The molecule has 0 N–H and O–H groups in total. The van der Waals surface area contributed by atoms with E-state index in [0.717, 1.165) is 24.3 Å². The number of benzene rings is 2. The van der Waals surface area contributed by atoms with E-state index in [4.69, 9.17) is 0 Å². The van der Waals surface area contributed by atoms with E-state index in [2.05, 4.69) is 0 Å². The first-order valence-electron chi connectivity index (χ1n) is 5.94. The van der Waals surface area contributed by atoms with Gasteiger partial charge in [-0.15, -0.1) is 0 Å². The van der Waals surface area contributed by atoms with Crippen LogP contribution in [0, 0.1) is 34.9 Å². The maximum Gasteiger partial charge on any atom is 0.194 e. The monoisotopic (exact) mass is 304 g/mol. The van der Waals surface area contributed by atoms with Crippen molar-refractivity contribution in [2.24, 2.45) is 0 Å². The van der Waals surface area contributed by atoms with Crippen molar-refractivity contribution in [3.05, 3.63) is 70.3 Å². The summed E-state index contributed by atoms with van der Waals surface area (Å²) < 4.78 is 79.1. The summed E-state index contributed by atoms with van der Waals surface area (Å²) in [6.45, 7) is 2.84. The summed E-state index contributed by atoms with van der Waals surface area (Å²) in [6, 6.07) is 2.93. The molecule has 0 aromatic heterocycles. The van der Waals surface area contributed by atoms with Crippen molar-refractivity contribution in [1.29, 1.82) is 0 Å². The summed E-state index contributed by atoms with van der Waals surface area (Å²) in [6.07, 6.45) is 0. The Balaban J connectivity index is 2.61. The predicted octanol–water partition coefficient (Wildman–Crippen LogP) is 4.85. The zero-order valence-corrected chi connectivity index (χ0v) is 11.1. The number of hydrogen-bond acceptors (Lipinski definition) is 0. The van der Waals surface area contributed by atoms with Crippen LogP contribution in [-0.2, 0) is 5.41 Å². The zero-order chi connectivity index (χ0) is 15.9. The third kappa shape index (κ3) is 2.62. The lowest BCUT2D eigenvalue weighted by atomic mass is 9.78. The lowest BCUT2D eigenvalue weighted by Gasteiger charge is -2.26. The van der Waals surface area contributed by atoms with Gasteiger partial charge in [0.2, 0.25) is 0 Å². The third-order valence-corrected chi connectivity index (χ3v) is 3.41. The van der Waals surface area contributed by atoms with E-state index in [1.165, 1.54) is 13.8 Å². The second-order valence-corrected chi connectivity index (χ2v) is 5.13. The molecule has 0 bridgehead atoms. The topological polar surface area (TPSA) is 0 Å². The van der Waals surface area contributed by atoms with Crippen LogP contribution in [0.5, 0.6) is 0 Å². The number of hydrogen-bond donors (Lipinski definition) is 0. The highest BCUT2D eigenvalue weighted by atomic mass is 19.2. The van der Waals surface area contributed by atoms with Crippen LogP contribution in [0.3, 0.4) is 0 Å². The Hall–Kier alpha value is -1.98. The molecule has 0 aliphatic heterocycles. The van der Waals surface area contributed by atoms with Crippen LogP contribution < -0.4 is 0 Å². The molecule has 112 valence electrons. The highest BCUT2D eigenvalue weighted by Gasteiger charge is 2.28. The maximum absolute atomic E-state index is 13.3. The highest BCUT2D eigenvalue weighted by Crippen LogP contribution is 2.34. The Morgan fingerprint density at radius 3 is 1.05 bits per heavy atom. The van der Waals surface area contributed by atoms with Crippen molar-refractivity contribution < 1.29 is 26.3 Å². The standard InChI is InChI=1S/C15H10F6/c1-15(2,7-3-9(16)13(20)10(17)4-7)8-5-11(18)14(21)12(19)6-8/h3-6H,1-2H3. The van der Waals surface area contributed by atoms with Crippen molar-refractivity contribution in [3.63, 3.8) is 0 Å². The second-order valence-electron chi connectivity index (χ2n) is 5.13. The number of halogens is 6. The van der Waals surface area contributed by atoms with Gasteiger partial charge in [-0.1, -0.05) is 13.8 Å². The van der Waals surface area contributed by atoms with Crippen LogP contribution >= 0.6 is 0 Å². The molecule has 0 nitrogen and oxygen atoms in total. The summed E-state index contributed by atoms with van der Waals surface area (Å²) in [4.78, 5) is 0. The molecule has 0 aliphatic rings. The lowest BCUT2D eigenvalue weighted by molar-refractivity contribution is 0.435. The minimum absolute atomic E-state index is 0.0377. The van der Waals surface area contributed by atoms with E-state index in [1.807, 2.05) is 0 Å². The Labute approximate surface area is 117 Å². The molecule has 2 rings (SSSR count). The van der Waals surface area contributed by atoms with Crippen molar-refractivity contribution in [2.75, 3.05) is 0 Å². The lowest BCUT2D eigenvalue weighted by Crippen LogP contribution is -2.21. The third-order valence-electron chi connectivity index (χ3n) is 3.41. The zero-order valence-electron chi connectivity index (χ0n) is 11.1. The molecule has 0 amide bonds. The molecule has 0 atom stereocenters. The van der Waals surface area contributed by atoms with Gasteiger partial charge in [-0.05, 0) is 35.4 Å². The Morgan fingerprint density at radius 1 is 0.571 bits per heavy atom. The van der Waals surface area contributed by atoms with Crippen LogP contribution in [0.2, 0.25) is 0 Å². The van der Waals surface area contributed by atoms with Gasteiger partial charge >= 0.3 is 0 Å². The first kappa shape index (κ1) is 15.4. The quantitative estimate of drug-likeness (QED) is 0.550. The molecule has 0 radical (unpaired) electrons. The summed E-state index contributed by atoms with van der Waals surface area (Å²) in [5, 5.41) is 0. The van der Waals surface area contributed by atoms with Gasteiger partial charge in [0, 0.05) is 5.41 Å². The molecule has 2 aromatic rings. The predicted molar refractivity (Wildman–Crippen MR) is 64.8 cm³/mol. The number of rotatable bonds is 2. The van der Waals surface area contributed by atoms with Gasteiger partial charge in [-0.2, -0.15) is 0 Å². The van der Waals surface area contributed by atoms with Gasteiger partial charge < -0.3 is 0 Å². The fourth-order valence-corrected chi connectivity index (χ4v) is 2.00. The second kappa shape index (κ2) is 5.09. The van der Waals surface area contributed by atoms with E-state index in [1.54, 1.807) is 0 Å². The van der Waals surface area contributed by atoms with Crippen LogP contribution in [0.4, 0.5) is 26.3 Å². The van der Waals surface area contributed by atoms with Gasteiger partial charge in [0.1, 0.15) is 0 Å². The van der Waals surface area contributed by atoms with Crippen LogP contribution in [-0.4, -0.2) is 0 Å². The average Bonchev–Trinajstić information content (AvgIpc) is 2.40. The Kier molecular flexibility index (Phi) is 3.74. The molecular weight excluding hydrogens is 294 g/mol. The molecule has 6 heteroatoms. The summed E-state index contributed by atoms with van der Waals surface area (Å²) in [5.41, 5.74) is -1.33. The molecule has 21 heavy (non-hydrogen) atoms. The van der Waals surface area contributed by atoms with Gasteiger partial charge in [0.05, 0.1) is 0 Å². The van der Waals surface area contributed by atoms with E-state index in [-0.39, 0.29) is 11.1 Å². The van der Waals surface area contributed by atoms with E-state index in [0.29, 0.717) is 0 Å². The molecule has 0 heterocycles. The Bertz CT molecular complexity index is 600. The van der Waals surface area contributed by atoms with E-state index < -0.39 is 40.3 Å². The molecular formula is C15H10F6. The summed E-state index contributed by atoms with van der Waals surface area (Å²) in [7, 11) is 0. The van der Waals surface area contributed by atoms with Gasteiger partial charge in [-0.25, -0.2) is 26.3 Å². The molecule has 0 aliphatic carbocycles. The van der Waals surface area contributed by atoms with E-state index in [9.17, 15) is 26.3 Å². The van der Waals surface area contributed by atoms with Crippen molar-refractivity contribution >= 4 is 0 Å². The normalized spacial score (nSPS) is 11.8. The SMILES string of the molecule is CC(C)(c1cc(F)c(F)c(F)c1)c1cc(F)c(F)c(F)c1. The Morgan fingerprint density at radius 2 is 0.810 bits per heavy atom. The maximum atomic E-state index is 13.3. The molecule has 0 fully saturated rings. The summed E-state index contributed by atoms with van der Waals surface area (Å²) in [5.74, 6) is -8.93. The first-order valence-corrected chi connectivity index (χ1v) is 5.94. The minimum Gasteiger partial charge on any atom is -0.204 e. The fraction of sp³-hybridized carbons (Fsp3) is 0.200. The van der Waals surface area contributed by atoms with Crippen molar-refractivity contribution in [2.45, 2.75) is 19.3 Å². The molecule has 0 spiro atoms.